The normalized spacial score (nSPS) is 30.7. The van der Waals surface area contributed by atoms with E-state index in [0.717, 1.165) is 71.1 Å². The van der Waals surface area contributed by atoms with Crippen LogP contribution in [0.1, 0.15) is 23.6 Å². The second-order valence-corrected chi connectivity index (χ2v) is 8.15. The van der Waals surface area contributed by atoms with Crippen molar-refractivity contribution in [3.05, 3.63) is 33.7 Å². The highest BCUT2D eigenvalue weighted by Crippen LogP contribution is 2.36. The van der Waals surface area contributed by atoms with Crippen LogP contribution in [-0.2, 0) is 17.8 Å². The quantitative estimate of drug-likeness (QED) is 0.841. The number of nitrogens with zero attached hydrogens (tertiary/aromatic N) is 3. The summed E-state index contributed by atoms with van der Waals surface area (Å²) < 4.78 is 7.52. The molecule has 6 heteroatoms. The molecular weight excluding hydrogens is 316 g/mol. The molecule has 1 aromatic heterocycles. The van der Waals surface area contributed by atoms with Crippen LogP contribution in [0.5, 0.6) is 0 Å². The Morgan fingerprint density at radius 2 is 1.96 bits per heavy atom. The Morgan fingerprint density at radius 3 is 2.72 bits per heavy atom. The summed E-state index contributed by atoms with van der Waals surface area (Å²) in [6.45, 7) is 9.61. The van der Waals surface area contributed by atoms with Gasteiger partial charge in [0.15, 0.2) is 0 Å². The van der Waals surface area contributed by atoms with E-state index in [1.54, 1.807) is 0 Å². The summed E-state index contributed by atoms with van der Waals surface area (Å²) in [6, 6.07) is 5.04. The maximum Gasteiger partial charge on any atom is 0.255 e. The van der Waals surface area contributed by atoms with Gasteiger partial charge in [-0.3, -0.25) is 14.6 Å². The van der Waals surface area contributed by atoms with Crippen LogP contribution in [0.2, 0.25) is 0 Å². The standard InChI is InChI=1S/C19H28N4O2/c24-19-15(12-21-3-5-25-6-4-21)1-2-18-16-7-14(11-23(18)19)10-22(13-16)17-8-20-9-17/h1-2,14,16-17,20H,3-13H2/t14-,16+/m0/s1. The number of rotatable bonds is 3. The second-order valence-electron chi connectivity index (χ2n) is 8.15. The van der Waals surface area contributed by atoms with Crippen LogP contribution in [0.3, 0.4) is 0 Å². The van der Waals surface area contributed by atoms with Gasteiger partial charge in [-0.1, -0.05) is 6.07 Å². The Bertz CT molecular complexity index is 693. The maximum absolute atomic E-state index is 13.1. The fourth-order valence-corrected chi connectivity index (χ4v) is 4.98. The van der Waals surface area contributed by atoms with Crippen LogP contribution in [0.4, 0.5) is 0 Å². The molecule has 5 heterocycles. The summed E-state index contributed by atoms with van der Waals surface area (Å²) in [5, 5.41) is 3.39. The molecule has 3 saturated heterocycles. The first kappa shape index (κ1) is 16.0. The molecular formula is C19H28N4O2. The van der Waals surface area contributed by atoms with Crippen molar-refractivity contribution >= 4 is 0 Å². The predicted molar refractivity (Wildman–Crippen MR) is 95.9 cm³/mol. The minimum absolute atomic E-state index is 0.248. The molecule has 0 spiro atoms. The fraction of sp³-hybridized carbons (Fsp3) is 0.737. The van der Waals surface area contributed by atoms with E-state index >= 15 is 0 Å². The van der Waals surface area contributed by atoms with E-state index in [1.165, 1.54) is 12.1 Å². The second kappa shape index (κ2) is 6.50. The lowest BCUT2D eigenvalue weighted by molar-refractivity contribution is 0.0337. The van der Waals surface area contributed by atoms with Crippen LogP contribution in [0.25, 0.3) is 0 Å². The molecule has 2 atom stereocenters. The minimum atomic E-state index is 0.248. The maximum atomic E-state index is 13.1. The smallest absolute Gasteiger partial charge is 0.255 e. The van der Waals surface area contributed by atoms with E-state index in [4.69, 9.17) is 4.74 Å². The summed E-state index contributed by atoms with van der Waals surface area (Å²) in [7, 11) is 0. The number of likely N-dealkylation sites (tertiary alicyclic amines) is 1. The molecule has 4 aliphatic heterocycles. The molecule has 2 bridgehead atoms. The van der Waals surface area contributed by atoms with Crippen LogP contribution in [0.15, 0.2) is 16.9 Å². The fourth-order valence-electron chi connectivity index (χ4n) is 4.98. The zero-order valence-corrected chi connectivity index (χ0v) is 14.8. The molecule has 3 fully saturated rings. The van der Waals surface area contributed by atoms with E-state index in [0.29, 0.717) is 17.9 Å². The zero-order chi connectivity index (χ0) is 16.8. The molecule has 136 valence electrons. The lowest BCUT2D eigenvalue weighted by Crippen LogP contribution is -2.61. The third-order valence-corrected chi connectivity index (χ3v) is 6.49. The molecule has 0 unspecified atom stereocenters. The molecule has 1 aromatic rings. The predicted octanol–water partition coefficient (Wildman–Crippen LogP) is 0.0714. The van der Waals surface area contributed by atoms with E-state index in [2.05, 4.69) is 31.8 Å². The van der Waals surface area contributed by atoms with Gasteiger partial charge >= 0.3 is 0 Å². The monoisotopic (exact) mass is 344 g/mol. The Morgan fingerprint density at radius 1 is 1.12 bits per heavy atom. The Labute approximate surface area is 148 Å². The van der Waals surface area contributed by atoms with Crippen molar-refractivity contribution in [2.45, 2.75) is 31.5 Å². The third-order valence-electron chi connectivity index (χ3n) is 6.49. The van der Waals surface area contributed by atoms with Gasteiger partial charge in [0.1, 0.15) is 0 Å². The lowest BCUT2D eigenvalue weighted by atomic mass is 9.82. The number of fused-ring (bicyclic) bond motifs is 4. The number of ether oxygens (including phenoxy) is 1. The van der Waals surface area contributed by atoms with Gasteiger partial charge in [0, 0.05) is 75.6 Å². The Hall–Kier alpha value is -1.21. The van der Waals surface area contributed by atoms with Gasteiger partial charge in [-0.25, -0.2) is 0 Å². The average molecular weight is 344 g/mol. The number of pyridine rings is 1. The van der Waals surface area contributed by atoms with Gasteiger partial charge in [0.2, 0.25) is 0 Å². The van der Waals surface area contributed by atoms with Gasteiger partial charge in [0.25, 0.3) is 5.56 Å². The Balaban J connectivity index is 1.38. The third kappa shape index (κ3) is 2.95. The summed E-state index contributed by atoms with van der Waals surface area (Å²) in [4.78, 5) is 18.1. The molecule has 0 aliphatic carbocycles. The van der Waals surface area contributed by atoms with Crippen LogP contribution >= 0.6 is 0 Å². The van der Waals surface area contributed by atoms with Crippen LogP contribution in [0, 0.1) is 5.92 Å². The van der Waals surface area contributed by atoms with Crippen molar-refractivity contribution < 1.29 is 4.74 Å². The molecule has 6 nitrogen and oxygen atoms in total. The first-order valence-corrected chi connectivity index (χ1v) is 9.75. The topological polar surface area (TPSA) is 49.7 Å². The summed E-state index contributed by atoms with van der Waals surface area (Å²) in [5.74, 6) is 1.15. The average Bonchev–Trinajstić information content (AvgIpc) is 2.57. The van der Waals surface area contributed by atoms with E-state index in [-0.39, 0.29) is 5.56 Å². The van der Waals surface area contributed by atoms with Crippen LogP contribution < -0.4 is 10.9 Å². The number of morpholine rings is 1. The van der Waals surface area contributed by atoms with E-state index < -0.39 is 0 Å². The van der Waals surface area contributed by atoms with Gasteiger partial charge in [-0.05, 0) is 18.4 Å². The summed E-state index contributed by atoms with van der Waals surface area (Å²) in [5.41, 5.74) is 2.46. The molecule has 0 amide bonds. The highest BCUT2D eigenvalue weighted by molar-refractivity contribution is 5.22. The highest BCUT2D eigenvalue weighted by atomic mass is 16.5. The van der Waals surface area contributed by atoms with Gasteiger partial charge in [-0.2, -0.15) is 0 Å². The minimum Gasteiger partial charge on any atom is -0.379 e. The number of aromatic nitrogens is 1. The summed E-state index contributed by atoms with van der Waals surface area (Å²) >= 11 is 0. The van der Waals surface area contributed by atoms with Crippen LogP contribution in [-0.4, -0.2) is 72.9 Å². The first-order chi connectivity index (χ1) is 12.3. The van der Waals surface area contributed by atoms with Crippen molar-refractivity contribution in [1.29, 1.82) is 0 Å². The molecule has 0 aromatic carbocycles. The number of hydrogen-bond acceptors (Lipinski definition) is 5. The molecule has 1 N–H and O–H groups in total. The van der Waals surface area contributed by atoms with E-state index in [1.807, 2.05) is 0 Å². The van der Waals surface area contributed by atoms with Crippen molar-refractivity contribution in [1.82, 2.24) is 19.7 Å². The number of hydrogen-bond donors (Lipinski definition) is 1. The lowest BCUT2D eigenvalue weighted by Gasteiger charge is -2.48. The van der Waals surface area contributed by atoms with Gasteiger partial charge < -0.3 is 14.6 Å². The molecule has 25 heavy (non-hydrogen) atoms. The van der Waals surface area contributed by atoms with Crippen molar-refractivity contribution in [2.75, 3.05) is 52.5 Å². The van der Waals surface area contributed by atoms with Crippen molar-refractivity contribution in [3.63, 3.8) is 0 Å². The van der Waals surface area contributed by atoms with Crippen molar-refractivity contribution in [3.8, 4) is 0 Å². The van der Waals surface area contributed by atoms with Gasteiger partial charge in [0.05, 0.1) is 13.2 Å². The van der Waals surface area contributed by atoms with Crippen molar-refractivity contribution in [2.24, 2.45) is 5.92 Å². The zero-order valence-electron chi connectivity index (χ0n) is 14.8. The molecule has 4 aliphatic rings. The first-order valence-electron chi connectivity index (χ1n) is 9.75. The molecule has 5 rings (SSSR count). The largest absolute Gasteiger partial charge is 0.379 e. The number of nitrogens with one attached hydrogen (secondary N) is 1. The SMILES string of the molecule is O=c1c(CN2CCOCC2)ccc2n1C[C@H]1C[C@@H]2CN(C2CNC2)C1. The molecule has 0 radical (unpaired) electrons. The Kier molecular flexibility index (Phi) is 4.16. The summed E-state index contributed by atoms with van der Waals surface area (Å²) in [6.07, 6.45) is 1.25. The van der Waals surface area contributed by atoms with E-state index in [9.17, 15) is 4.79 Å². The van der Waals surface area contributed by atoms with Gasteiger partial charge in [-0.15, -0.1) is 0 Å². The molecule has 0 saturated carbocycles. The highest BCUT2D eigenvalue weighted by Gasteiger charge is 2.38. The number of piperidine rings is 1.